The molecule has 0 aliphatic carbocycles. The van der Waals surface area contributed by atoms with Crippen molar-refractivity contribution < 1.29 is 4.79 Å². The highest BCUT2D eigenvalue weighted by molar-refractivity contribution is 8.00. The average Bonchev–Trinajstić information content (AvgIpc) is 3.01. The van der Waals surface area contributed by atoms with Crippen molar-refractivity contribution in [1.82, 2.24) is 14.5 Å². The van der Waals surface area contributed by atoms with Crippen LogP contribution in [-0.2, 0) is 11.2 Å². The minimum atomic E-state index is -0.0258. The lowest BCUT2D eigenvalue weighted by Gasteiger charge is -2.19. The second kappa shape index (κ2) is 8.74. The second-order valence-electron chi connectivity index (χ2n) is 7.14. The molecule has 1 aromatic carbocycles. The van der Waals surface area contributed by atoms with Gasteiger partial charge in [-0.1, -0.05) is 24.8 Å². The highest BCUT2D eigenvalue weighted by atomic mass is 32.2. The van der Waals surface area contributed by atoms with E-state index < -0.39 is 0 Å². The first kappa shape index (κ1) is 21.0. The topological polar surface area (TPSA) is 55.2 Å². The van der Waals surface area contributed by atoms with Gasteiger partial charge in [-0.3, -0.25) is 14.2 Å². The molecule has 2 heterocycles. The smallest absolute Gasteiger partial charge is 0.272 e. The highest BCUT2D eigenvalue weighted by Crippen LogP contribution is 2.35. The molecular weight excluding hydrogens is 390 g/mol. The normalized spacial score (nSPS) is 15.5. The lowest BCUT2D eigenvalue weighted by Crippen LogP contribution is -2.32. The number of thioether (sulfide) groups is 2. The number of nitrogens with zero attached hydrogens (tertiary/aromatic N) is 3. The average molecular weight is 418 g/mol. The Kier molecular flexibility index (Phi) is 6.55. The standard InChI is InChI=1S/C21H27N3O2S2/c1-6-23(7-2)18(25)12-27-21-22-17-11-15(5)28-19(17)20(26)24(21)16-9-13(3)8-14(4)10-16/h8-10,15H,6-7,11-12H2,1-5H3. The van der Waals surface area contributed by atoms with Crippen LogP contribution in [0, 0.1) is 13.8 Å². The van der Waals surface area contributed by atoms with Gasteiger partial charge in [-0.05, 0) is 51.0 Å². The van der Waals surface area contributed by atoms with Gasteiger partial charge in [-0.2, -0.15) is 0 Å². The maximum absolute atomic E-state index is 13.3. The van der Waals surface area contributed by atoms with Crippen LogP contribution in [0.5, 0.6) is 0 Å². The Hall–Kier alpha value is -1.73. The molecule has 1 atom stereocenters. The van der Waals surface area contributed by atoms with Crippen LogP contribution in [0.1, 0.15) is 37.6 Å². The first-order valence-electron chi connectivity index (χ1n) is 9.65. The summed E-state index contributed by atoms with van der Waals surface area (Å²) in [5.41, 5.74) is 3.84. The number of aryl methyl sites for hydroxylation is 2. The molecule has 5 nitrogen and oxygen atoms in total. The first-order chi connectivity index (χ1) is 13.3. The molecule has 0 fully saturated rings. The van der Waals surface area contributed by atoms with E-state index in [4.69, 9.17) is 4.98 Å². The van der Waals surface area contributed by atoms with E-state index in [1.54, 1.807) is 21.2 Å². The molecule has 150 valence electrons. The quantitative estimate of drug-likeness (QED) is 0.528. The zero-order valence-electron chi connectivity index (χ0n) is 17.1. The summed E-state index contributed by atoms with van der Waals surface area (Å²) in [5.74, 6) is 0.347. The third-order valence-electron chi connectivity index (χ3n) is 4.79. The number of aromatic nitrogens is 2. The van der Waals surface area contributed by atoms with E-state index >= 15 is 0 Å². The van der Waals surface area contributed by atoms with Crippen LogP contribution in [0.15, 0.2) is 33.0 Å². The molecule has 0 N–H and O–H groups in total. The lowest BCUT2D eigenvalue weighted by atomic mass is 10.1. The third-order valence-corrected chi connectivity index (χ3v) is 6.93. The van der Waals surface area contributed by atoms with Crippen LogP contribution in [0.25, 0.3) is 5.69 Å². The molecule has 1 amide bonds. The Morgan fingerprint density at radius 3 is 2.50 bits per heavy atom. The summed E-state index contributed by atoms with van der Waals surface area (Å²) in [4.78, 5) is 33.2. The van der Waals surface area contributed by atoms with E-state index in [0.717, 1.165) is 33.8 Å². The van der Waals surface area contributed by atoms with Gasteiger partial charge in [0, 0.05) is 24.8 Å². The van der Waals surface area contributed by atoms with E-state index in [2.05, 4.69) is 13.0 Å². The first-order valence-corrected chi connectivity index (χ1v) is 11.5. The van der Waals surface area contributed by atoms with E-state index in [9.17, 15) is 9.59 Å². The fourth-order valence-corrected chi connectivity index (χ4v) is 5.53. The van der Waals surface area contributed by atoms with Crippen LogP contribution in [0.4, 0.5) is 0 Å². The highest BCUT2D eigenvalue weighted by Gasteiger charge is 2.27. The molecule has 7 heteroatoms. The number of fused-ring (bicyclic) bond motifs is 1. The molecule has 2 aromatic rings. The molecule has 0 saturated heterocycles. The summed E-state index contributed by atoms with van der Waals surface area (Å²) in [7, 11) is 0. The summed E-state index contributed by atoms with van der Waals surface area (Å²) in [6, 6.07) is 6.09. The number of benzene rings is 1. The second-order valence-corrected chi connectivity index (χ2v) is 9.54. The van der Waals surface area contributed by atoms with Crippen molar-refractivity contribution in [3.63, 3.8) is 0 Å². The van der Waals surface area contributed by atoms with Crippen molar-refractivity contribution in [3.05, 3.63) is 45.4 Å². The fraction of sp³-hybridized carbons (Fsp3) is 0.476. The molecule has 1 unspecified atom stereocenters. The van der Waals surface area contributed by atoms with Gasteiger partial charge in [0.2, 0.25) is 5.91 Å². The number of rotatable bonds is 6. The van der Waals surface area contributed by atoms with Crippen molar-refractivity contribution >= 4 is 29.4 Å². The molecule has 28 heavy (non-hydrogen) atoms. The summed E-state index contributed by atoms with van der Waals surface area (Å²) >= 11 is 2.95. The van der Waals surface area contributed by atoms with Crippen molar-refractivity contribution in [2.24, 2.45) is 0 Å². The summed E-state index contributed by atoms with van der Waals surface area (Å²) in [6.45, 7) is 11.5. The van der Waals surface area contributed by atoms with Crippen molar-refractivity contribution in [3.8, 4) is 5.69 Å². The van der Waals surface area contributed by atoms with Crippen molar-refractivity contribution in [1.29, 1.82) is 0 Å². The minimum Gasteiger partial charge on any atom is -0.343 e. The van der Waals surface area contributed by atoms with Gasteiger partial charge in [0.15, 0.2) is 5.16 Å². The fourth-order valence-electron chi connectivity index (χ4n) is 3.50. The van der Waals surface area contributed by atoms with E-state index in [-0.39, 0.29) is 17.2 Å². The Morgan fingerprint density at radius 1 is 1.25 bits per heavy atom. The molecule has 0 spiro atoms. The number of carbonyl (C=O) groups excluding carboxylic acids is 1. The molecule has 1 aliphatic heterocycles. The summed E-state index contributed by atoms with van der Waals surface area (Å²) in [5, 5.41) is 0.949. The van der Waals surface area contributed by atoms with Gasteiger partial charge in [0.25, 0.3) is 5.56 Å². The largest absolute Gasteiger partial charge is 0.343 e. The van der Waals surface area contributed by atoms with Crippen LogP contribution in [-0.4, -0.2) is 44.5 Å². The van der Waals surface area contributed by atoms with Gasteiger partial charge in [-0.15, -0.1) is 11.8 Å². The Balaban J connectivity index is 2.05. The Morgan fingerprint density at radius 2 is 1.89 bits per heavy atom. The maximum atomic E-state index is 13.3. The predicted molar refractivity (Wildman–Crippen MR) is 117 cm³/mol. The van der Waals surface area contributed by atoms with E-state index in [1.165, 1.54) is 11.8 Å². The van der Waals surface area contributed by atoms with E-state index in [0.29, 0.717) is 23.5 Å². The minimum absolute atomic E-state index is 0.0258. The van der Waals surface area contributed by atoms with Crippen molar-refractivity contribution in [2.45, 2.75) is 56.3 Å². The zero-order chi connectivity index (χ0) is 20.4. The van der Waals surface area contributed by atoms with Crippen LogP contribution < -0.4 is 5.56 Å². The molecule has 0 radical (unpaired) electrons. The molecule has 0 saturated carbocycles. The number of hydrogen-bond acceptors (Lipinski definition) is 5. The molecule has 1 aromatic heterocycles. The number of carbonyl (C=O) groups is 1. The molecule has 3 rings (SSSR count). The monoisotopic (exact) mass is 417 g/mol. The summed E-state index contributed by atoms with van der Waals surface area (Å²) < 4.78 is 1.68. The van der Waals surface area contributed by atoms with Gasteiger partial charge in [-0.25, -0.2) is 4.98 Å². The summed E-state index contributed by atoms with van der Waals surface area (Å²) in [6.07, 6.45) is 0.792. The number of hydrogen-bond donors (Lipinski definition) is 0. The van der Waals surface area contributed by atoms with Gasteiger partial charge in [0.05, 0.1) is 22.0 Å². The number of amides is 1. The molecule has 1 aliphatic rings. The van der Waals surface area contributed by atoms with Crippen molar-refractivity contribution in [2.75, 3.05) is 18.8 Å². The Labute approximate surface area is 174 Å². The molecular formula is C21H27N3O2S2. The Bertz CT molecular complexity index is 931. The van der Waals surface area contributed by atoms with Gasteiger partial charge in [0.1, 0.15) is 0 Å². The zero-order valence-corrected chi connectivity index (χ0v) is 18.7. The predicted octanol–water partition coefficient (Wildman–Crippen LogP) is 3.85. The lowest BCUT2D eigenvalue weighted by molar-refractivity contribution is -0.127. The van der Waals surface area contributed by atoms with Crippen LogP contribution >= 0.6 is 23.5 Å². The van der Waals surface area contributed by atoms with Gasteiger partial charge >= 0.3 is 0 Å². The van der Waals surface area contributed by atoms with Crippen LogP contribution in [0.3, 0.4) is 0 Å². The van der Waals surface area contributed by atoms with E-state index in [1.807, 2.05) is 39.8 Å². The third kappa shape index (κ3) is 4.30. The SMILES string of the molecule is CCN(CC)C(=O)CSc1nc2c(c(=O)n1-c1cc(C)cc(C)c1)SC(C)C2. The van der Waals surface area contributed by atoms with Gasteiger partial charge < -0.3 is 4.90 Å². The van der Waals surface area contributed by atoms with Crippen LogP contribution in [0.2, 0.25) is 0 Å². The maximum Gasteiger partial charge on any atom is 0.272 e. The molecule has 0 bridgehead atoms.